The fraction of sp³-hybridized carbons (Fsp3) is 0.556. The largest absolute Gasteiger partial charge is 0.490 e. The molecule has 0 aromatic heterocycles. The second-order valence-electron chi connectivity index (χ2n) is 6.42. The minimum absolute atomic E-state index is 0.0292. The molecule has 20 heavy (non-hydrogen) atoms. The lowest BCUT2D eigenvalue weighted by Gasteiger charge is -2.17. The number of hydrogen-bond donors (Lipinski definition) is 0. The predicted molar refractivity (Wildman–Crippen MR) is 83.4 cm³/mol. The molecule has 1 unspecified atom stereocenters. The monoisotopic (exact) mass is 274 g/mol. The van der Waals surface area contributed by atoms with Crippen LogP contribution in [0.25, 0.3) is 0 Å². The number of benzene rings is 1. The molecule has 0 radical (unpaired) electrons. The van der Waals surface area contributed by atoms with Crippen LogP contribution in [0, 0.1) is 0 Å². The average molecular weight is 274 g/mol. The van der Waals surface area contributed by atoms with Crippen molar-refractivity contribution in [3.63, 3.8) is 0 Å². The van der Waals surface area contributed by atoms with Crippen LogP contribution in [0.15, 0.2) is 36.4 Å². The van der Waals surface area contributed by atoms with Gasteiger partial charge in [-0.2, -0.15) is 0 Å². The third-order valence-corrected chi connectivity index (χ3v) is 3.72. The summed E-state index contributed by atoms with van der Waals surface area (Å²) in [6.45, 7) is 9.28. The molecule has 1 heterocycles. The Labute approximate surface area is 122 Å². The van der Waals surface area contributed by atoms with E-state index in [1.807, 2.05) is 6.07 Å². The molecule has 0 saturated carbocycles. The lowest BCUT2D eigenvalue weighted by Crippen LogP contribution is -2.19. The van der Waals surface area contributed by atoms with E-state index in [2.05, 4.69) is 58.0 Å². The van der Waals surface area contributed by atoms with Crippen LogP contribution in [-0.2, 0) is 4.74 Å². The van der Waals surface area contributed by atoms with Crippen LogP contribution >= 0.6 is 0 Å². The van der Waals surface area contributed by atoms with Gasteiger partial charge in [0.1, 0.15) is 12.4 Å². The normalized spacial score (nSPS) is 21.8. The Morgan fingerprint density at radius 3 is 2.85 bits per heavy atom. The maximum atomic E-state index is 5.91. The maximum Gasteiger partial charge on any atom is 0.120 e. The zero-order valence-electron chi connectivity index (χ0n) is 13.1. The quantitative estimate of drug-likeness (QED) is 0.724. The van der Waals surface area contributed by atoms with Crippen LogP contribution in [0.4, 0.5) is 0 Å². The number of hydrogen-bond acceptors (Lipinski definition) is 2. The highest BCUT2D eigenvalue weighted by atomic mass is 16.5. The first kappa shape index (κ1) is 15.1. The van der Waals surface area contributed by atoms with Crippen LogP contribution in [0.2, 0.25) is 0 Å². The van der Waals surface area contributed by atoms with Gasteiger partial charge in [0.15, 0.2) is 0 Å². The lowest BCUT2D eigenvalue weighted by molar-refractivity contribution is 0.00504. The molecule has 1 atom stereocenters. The van der Waals surface area contributed by atoms with Gasteiger partial charge < -0.3 is 9.47 Å². The van der Waals surface area contributed by atoms with Gasteiger partial charge >= 0.3 is 0 Å². The van der Waals surface area contributed by atoms with Crippen LogP contribution in [0.5, 0.6) is 5.75 Å². The fourth-order valence-electron chi connectivity index (χ4n) is 2.47. The summed E-state index contributed by atoms with van der Waals surface area (Å²) < 4.78 is 11.7. The summed E-state index contributed by atoms with van der Waals surface area (Å²) in [6.07, 6.45) is 6.66. The molecule has 0 spiro atoms. The summed E-state index contributed by atoms with van der Waals surface area (Å²) in [4.78, 5) is 0. The smallest absolute Gasteiger partial charge is 0.120 e. The third kappa shape index (κ3) is 4.38. The summed E-state index contributed by atoms with van der Waals surface area (Å²) in [5.41, 5.74) is 1.34. The van der Waals surface area contributed by atoms with Gasteiger partial charge in [-0.1, -0.05) is 32.1 Å². The highest BCUT2D eigenvalue weighted by Crippen LogP contribution is 2.29. The van der Waals surface area contributed by atoms with Crippen molar-refractivity contribution in [1.29, 1.82) is 0 Å². The molecule has 1 saturated heterocycles. The van der Waals surface area contributed by atoms with Crippen LogP contribution in [0.1, 0.15) is 52.0 Å². The molecule has 1 fully saturated rings. The Hall–Kier alpha value is -1.28. The van der Waals surface area contributed by atoms with E-state index in [1.54, 1.807) is 0 Å². The van der Waals surface area contributed by atoms with Crippen molar-refractivity contribution in [1.82, 2.24) is 0 Å². The van der Waals surface area contributed by atoms with E-state index in [9.17, 15) is 0 Å². The average Bonchev–Trinajstić information content (AvgIpc) is 2.75. The molecular formula is C18H26O2. The number of ether oxygens (including phenoxy) is 2. The minimum atomic E-state index is 0.0292. The van der Waals surface area contributed by atoms with Gasteiger partial charge in [0.25, 0.3) is 0 Å². The van der Waals surface area contributed by atoms with Crippen LogP contribution in [0.3, 0.4) is 0 Å². The summed E-state index contributed by atoms with van der Waals surface area (Å²) >= 11 is 0. The van der Waals surface area contributed by atoms with Gasteiger partial charge in [0, 0.05) is 0 Å². The molecule has 0 aliphatic carbocycles. The molecular weight excluding hydrogens is 248 g/mol. The highest BCUT2D eigenvalue weighted by molar-refractivity contribution is 5.30. The molecule has 1 aliphatic rings. The van der Waals surface area contributed by atoms with Crippen LogP contribution in [-0.4, -0.2) is 18.3 Å². The lowest BCUT2D eigenvalue weighted by atomic mass is 10.0. The van der Waals surface area contributed by atoms with Crippen molar-refractivity contribution in [3.8, 4) is 5.75 Å². The van der Waals surface area contributed by atoms with Gasteiger partial charge in [-0.05, 0) is 56.4 Å². The topological polar surface area (TPSA) is 18.5 Å². The molecule has 2 rings (SSSR count). The second kappa shape index (κ2) is 6.45. The Balaban J connectivity index is 1.80. The Bertz CT molecular complexity index is 460. The van der Waals surface area contributed by atoms with Gasteiger partial charge in [-0.3, -0.25) is 0 Å². The summed E-state index contributed by atoms with van der Waals surface area (Å²) in [5.74, 6) is 1.47. The summed E-state index contributed by atoms with van der Waals surface area (Å²) in [6, 6.07) is 8.32. The zero-order chi connectivity index (χ0) is 14.6. The van der Waals surface area contributed by atoms with E-state index >= 15 is 0 Å². The van der Waals surface area contributed by atoms with Crippen molar-refractivity contribution in [2.75, 3.05) is 6.61 Å². The molecule has 2 heteroatoms. The summed E-state index contributed by atoms with van der Waals surface area (Å²) in [7, 11) is 0. The molecule has 1 aromatic carbocycles. The molecule has 2 nitrogen and oxygen atoms in total. The van der Waals surface area contributed by atoms with Crippen LogP contribution < -0.4 is 4.74 Å². The van der Waals surface area contributed by atoms with Crippen molar-refractivity contribution < 1.29 is 9.47 Å². The molecule has 1 aromatic rings. The molecule has 0 amide bonds. The van der Waals surface area contributed by atoms with Gasteiger partial charge in [0.05, 0.1) is 11.7 Å². The second-order valence-corrected chi connectivity index (χ2v) is 6.42. The van der Waals surface area contributed by atoms with E-state index in [0.717, 1.165) is 18.6 Å². The first-order chi connectivity index (χ1) is 9.46. The van der Waals surface area contributed by atoms with E-state index < -0.39 is 0 Å². The Morgan fingerprint density at radius 2 is 2.20 bits per heavy atom. The van der Waals surface area contributed by atoms with E-state index in [0.29, 0.717) is 12.5 Å². The van der Waals surface area contributed by atoms with E-state index in [4.69, 9.17) is 9.47 Å². The minimum Gasteiger partial charge on any atom is -0.490 e. The van der Waals surface area contributed by atoms with Gasteiger partial charge in [-0.25, -0.2) is 0 Å². The van der Waals surface area contributed by atoms with Gasteiger partial charge in [-0.15, -0.1) is 0 Å². The molecule has 0 N–H and O–H groups in total. The van der Waals surface area contributed by atoms with Gasteiger partial charge in [0.2, 0.25) is 0 Å². The predicted octanol–water partition coefficient (Wildman–Crippen LogP) is 4.70. The first-order valence-electron chi connectivity index (χ1n) is 7.53. The van der Waals surface area contributed by atoms with Crippen molar-refractivity contribution in [2.24, 2.45) is 0 Å². The summed E-state index contributed by atoms with van der Waals surface area (Å²) in [5, 5.41) is 0. The maximum absolute atomic E-state index is 5.91. The first-order valence-corrected chi connectivity index (χ1v) is 7.53. The molecule has 0 bridgehead atoms. The number of rotatable bonds is 5. The standard InChI is InChI=1S/C18H26O2/c1-14(2)15-7-5-8-17(13-15)19-12-6-9-16-10-11-18(3,4)20-16/h5-9,13-14,16H,10-12H2,1-4H3. The Kier molecular flexibility index (Phi) is 4.87. The van der Waals surface area contributed by atoms with Crippen molar-refractivity contribution in [2.45, 2.75) is 58.2 Å². The van der Waals surface area contributed by atoms with E-state index in [1.165, 1.54) is 5.56 Å². The zero-order valence-corrected chi connectivity index (χ0v) is 13.1. The van der Waals surface area contributed by atoms with Crippen molar-refractivity contribution >= 4 is 0 Å². The SMILES string of the molecule is CC(C)c1cccc(OCC=CC2CCC(C)(C)O2)c1. The third-order valence-electron chi connectivity index (χ3n) is 3.72. The molecule has 110 valence electrons. The Morgan fingerprint density at radius 1 is 1.40 bits per heavy atom. The highest BCUT2D eigenvalue weighted by Gasteiger charge is 2.29. The van der Waals surface area contributed by atoms with E-state index in [-0.39, 0.29) is 11.7 Å². The molecule has 1 aliphatic heterocycles. The van der Waals surface area contributed by atoms with Crippen molar-refractivity contribution in [3.05, 3.63) is 42.0 Å². The fourth-order valence-corrected chi connectivity index (χ4v) is 2.47.